The summed E-state index contributed by atoms with van der Waals surface area (Å²) in [5.74, 6) is 1.38. The maximum absolute atomic E-state index is 13.5. The van der Waals surface area contributed by atoms with Crippen LogP contribution in [0.15, 0.2) is 0 Å². The van der Waals surface area contributed by atoms with Gasteiger partial charge < -0.3 is 25.0 Å². The second kappa shape index (κ2) is 11.6. The molecule has 194 valence electrons. The summed E-state index contributed by atoms with van der Waals surface area (Å²) in [7, 11) is 0. The van der Waals surface area contributed by atoms with Gasteiger partial charge in [0, 0.05) is 50.7 Å². The van der Waals surface area contributed by atoms with E-state index in [1.165, 1.54) is 32.1 Å². The first-order valence-electron chi connectivity index (χ1n) is 13.9. The largest absolute Gasteiger partial charge is 0.391 e. The number of ether oxygens (including phenoxy) is 1. The Morgan fingerprint density at radius 1 is 1.03 bits per heavy atom. The fourth-order valence-electron chi connectivity index (χ4n) is 5.95. The van der Waals surface area contributed by atoms with Crippen molar-refractivity contribution in [2.24, 2.45) is 23.2 Å². The molecule has 0 aromatic rings. The molecule has 0 radical (unpaired) electrons. The predicted molar refractivity (Wildman–Crippen MR) is 132 cm³/mol. The van der Waals surface area contributed by atoms with E-state index in [0.29, 0.717) is 50.0 Å². The second-order valence-electron chi connectivity index (χ2n) is 12.2. The molecule has 7 heteroatoms. The Bertz CT molecular complexity index is 689. The Morgan fingerprint density at radius 2 is 1.79 bits per heavy atom. The van der Waals surface area contributed by atoms with Gasteiger partial charge >= 0.3 is 6.03 Å². The van der Waals surface area contributed by atoms with Gasteiger partial charge in [-0.2, -0.15) is 0 Å². The quantitative estimate of drug-likeness (QED) is 0.648. The van der Waals surface area contributed by atoms with E-state index in [2.05, 4.69) is 5.32 Å². The van der Waals surface area contributed by atoms with Crippen molar-refractivity contribution in [3.05, 3.63) is 0 Å². The molecule has 2 aliphatic heterocycles. The van der Waals surface area contributed by atoms with E-state index >= 15 is 0 Å². The lowest BCUT2D eigenvalue weighted by Gasteiger charge is -2.40. The lowest BCUT2D eigenvalue weighted by atomic mass is 9.80. The highest BCUT2D eigenvalue weighted by atomic mass is 16.5. The molecule has 34 heavy (non-hydrogen) atoms. The minimum absolute atomic E-state index is 0.0797. The third-order valence-corrected chi connectivity index (χ3v) is 8.71. The number of fused-ring (bicyclic) bond motifs is 1. The zero-order valence-corrected chi connectivity index (χ0v) is 21.5. The molecule has 2 heterocycles. The van der Waals surface area contributed by atoms with Crippen molar-refractivity contribution in [2.75, 3.05) is 39.4 Å². The molecule has 0 spiro atoms. The van der Waals surface area contributed by atoms with Crippen molar-refractivity contribution in [1.29, 1.82) is 0 Å². The molecule has 4 aliphatic rings. The van der Waals surface area contributed by atoms with E-state index < -0.39 is 11.5 Å². The molecule has 4 fully saturated rings. The number of aliphatic hydroxyl groups is 1. The van der Waals surface area contributed by atoms with Gasteiger partial charge in [-0.3, -0.25) is 4.79 Å². The molecule has 2 N–H and O–H groups in total. The van der Waals surface area contributed by atoms with E-state index in [4.69, 9.17) is 4.74 Å². The number of nitrogens with one attached hydrogen (secondary N) is 1. The SMILES string of the molecule is CC1(C)COCCC[C@H]2CN(C(=O)NC3CCCCC3)CC[C@H]2CC(=O)N(CC2CC2)C[C@@H]1O. The lowest BCUT2D eigenvalue weighted by molar-refractivity contribution is -0.136. The molecule has 0 unspecified atom stereocenters. The van der Waals surface area contributed by atoms with E-state index in [1.54, 1.807) is 0 Å². The van der Waals surface area contributed by atoms with Crippen LogP contribution in [0.1, 0.15) is 84.5 Å². The molecule has 4 rings (SSSR count). The van der Waals surface area contributed by atoms with Gasteiger partial charge in [-0.15, -0.1) is 0 Å². The van der Waals surface area contributed by atoms with Gasteiger partial charge in [-0.05, 0) is 62.7 Å². The summed E-state index contributed by atoms with van der Waals surface area (Å²) in [6.07, 6.45) is 11.0. The van der Waals surface area contributed by atoms with Crippen molar-refractivity contribution in [3.63, 3.8) is 0 Å². The smallest absolute Gasteiger partial charge is 0.317 e. The minimum atomic E-state index is -0.600. The first kappa shape index (κ1) is 25.7. The number of hydrogen-bond donors (Lipinski definition) is 2. The molecule has 0 aromatic heterocycles. The second-order valence-corrected chi connectivity index (χ2v) is 12.2. The van der Waals surface area contributed by atoms with E-state index in [-0.39, 0.29) is 11.9 Å². The maximum Gasteiger partial charge on any atom is 0.317 e. The van der Waals surface area contributed by atoms with Crippen molar-refractivity contribution in [3.8, 4) is 0 Å². The Balaban J connectivity index is 1.41. The maximum atomic E-state index is 13.5. The highest BCUT2D eigenvalue weighted by Crippen LogP contribution is 2.34. The molecule has 3 amide bonds. The average molecular weight is 478 g/mol. The molecule has 2 saturated heterocycles. The van der Waals surface area contributed by atoms with Crippen molar-refractivity contribution < 1.29 is 19.4 Å². The lowest BCUT2D eigenvalue weighted by Crippen LogP contribution is -2.51. The molecule has 2 saturated carbocycles. The fourth-order valence-corrected chi connectivity index (χ4v) is 5.95. The van der Waals surface area contributed by atoms with Gasteiger partial charge in [0.15, 0.2) is 0 Å². The third-order valence-electron chi connectivity index (χ3n) is 8.71. The Morgan fingerprint density at radius 3 is 2.53 bits per heavy atom. The van der Waals surface area contributed by atoms with Gasteiger partial charge in [0.1, 0.15) is 0 Å². The predicted octanol–water partition coefficient (Wildman–Crippen LogP) is 3.79. The Hall–Kier alpha value is -1.34. The minimum Gasteiger partial charge on any atom is -0.391 e. The van der Waals surface area contributed by atoms with Gasteiger partial charge in [-0.1, -0.05) is 33.1 Å². The van der Waals surface area contributed by atoms with Gasteiger partial charge in [0.25, 0.3) is 0 Å². The topological polar surface area (TPSA) is 82.1 Å². The molecule has 0 bridgehead atoms. The Kier molecular flexibility index (Phi) is 8.78. The number of hydrogen-bond acceptors (Lipinski definition) is 4. The van der Waals surface area contributed by atoms with Crippen LogP contribution in [0.2, 0.25) is 0 Å². The summed E-state index contributed by atoms with van der Waals surface area (Å²) in [5, 5.41) is 14.2. The monoisotopic (exact) mass is 477 g/mol. The van der Waals surface area contributed by atoms with Crippen LogP contribution >= 0.6 is 0 Å². The van der Waals surface area contributed by atoms with E-state index in [1.807, 2.05) is 23.6 Å². The standard InChI is InChI=1S/C27H47N3O4/c1-27(2)19-34-14-6-7-22-17-29(26(33)28-23-8-4-3-5-9-23)13-12-21(22)15-25(32)30(18-24(27)31)16-20-10-11-20/h20-24,31H,3-19H2,1-2H3,(H,28,33)/t21-,22-,24-/m0/s1. The van der Waals surface area contributed by atoms with Gasteiger partial charge in [0.05, 0.1) is 12.7 Å². The number of carbonyl (C=O) groups is 2. The third kappa shape index (κ3) is 7.09. The van der Waals surface area contributed by atoms with Crippen LogP contribution < -0.4 is 5.32 Å². The Labute approximate surface area is 206 Å². The number of rotatable bonds is 3. The first-order chi connectivity index (χ1) is 16.3. The summed E-state index contributed by atoms with van der Waals surface area (Å²) < 4.78 is 5.99. The first-order valence-corrected chi connectivity index (χ1v) is 13.9. The number of urea groups is 1. The molecular formula is C27H47N3O4. The van der Waals surface area contributed by atoms with Crippen LogP contribution in [-0.4, -0.2) is 78.4 Å². The van der Waals surface area contributed by atoms with Gasteiger partial charge in [0.2, 0.25) is 5.91 Å². The van der Waals surface area contributed by atoms with E-state index in [0.717, 1.165) is 51.7 Å². The highest BCUT2D eigenvalue weighted by Gasteiger charge is 2.38. The zero-order valence-electron chi connectivity index (χ0n) is 21.5. The number of aliphatic hydroxyl groups excluding tert-OH is 1. The van der Waals surface area contributed by atoms with Crippen molar-refractivity contribution in [1.82, 2.24) is 15.1 Å². The molecule has 0 aromatic carbocycles. The zero-order chi connectivity index (χ0) is 24.1. The highest BCUT2D eigenvalue weighted by molar-refractivity contribution is 5.77. The number of likely N-dealkylation sites (tertiary alicyclic amines) is 1. The summed E-state index contributed by atoms with van der Waals surface area (Å²) in [4.78, 5) is 30.4. The number of nitrogens with zero attached hydrogens (tertiary/aromatic N) is 2. The summed E-state index contributed by atoms with van der Waals surface area (Å²) in [6, 6.07) is 0.399. The summed E-state index contributed by atoms with van der Waals surface area (Å²) in [6.45, 7) is 7.81. The average Bonchev–Trinajstić information content (AvgIpc) is 3.63. The fraction of sp³-hybridized carbons (Fsp3) is 0.926. The summed E-state index contributed by atoms with van der Waals surface area (Å²) in [5.41, 5.74) is -0.392. The molecule has 2 aliphatic carbocycles. The normalized spacial score (nSPS) is 32.2. The summed E-state index contributed by atoms with van der Waals surface area (Å²) >= 11 is 0. The number of β-amino-alcohol motifs (C(OH)–C–C–N with tert-alkyl or cyclic N) is 1. The molecule has 7 nitrogen and oxygen atoms in total. The molecular weight excluding hydrogens is 430 g/mol. The number of amides is 3. The van der Waals surface area contributed by atoms with Crippen molar-refractivity contribution >= 4 is 11.9 Å². The number of carbonyl (C=O) groups excluding carboxylic acids is 2. The van der Waals surface area contributed by atoms with Gasteiger partial charge in [-0.25, -0.2) is 4.79 Å². The van der Waals surface area contributed by atoms with Crippen LogP contribution in [0.25, 0.3) is 0 Å². The van der Waals surface area contributed by atoms with Crippen LogP contribution in [0.4, 0.5) is 4.79 Å². The van der Waals surface area contributed by atoms with Crippen LogP contribution in [0.3, 0.4) is 0 Å². The van der Waals surface area contributed by atoms with Crippen LogP contribution in [0, 0.1) is 23.2 Å². The molecule has 3 atom stereocenters. The number of piperidine rings is 1. The van der Waals surface area contributed by atoms with Crippen molar-refractivity contribution in [2.45, 2.75) is 96.6 Å². The van der Waals surface area contributed by atoms with Crippen LogP contribution in [0.5, 0.6) is 0 Å². The van der Waals surface area contributed by atoms with Crippen LogP contribution in [-0.2, 0) is 9.53 Å². The van der Waals surface area contributed by atoms with E-state index in [9.17, 15) is 14.7 Å².